The van der Waals surface area contributed by atoms with Crippen LogP contribution in [0.3, 0.4) is 0 Å². The van der Waals surface area contributed by atoms with Crippen molar-refractivity contribution in [3.05, 3.63) is 90.1 Å². The number of benzene rings is 2. The number of carbonyl (C=O) groups excluding carboxylic acids is 7. The average Bonchev–Trinajstić information content (AvgIpc) is 4.02. The molecule has 4 rings (SSSR count). The van der Waals surface area contributed by atoms with Gasteiger partial charge in [0.15, 0.2) is 11.9 Å². The summed E-state index contributed by atoms with van der Waals surface area (Å²) in [5, 5.41) is 17.0. The van der Waals surface area contributed by atoms with Crippen molar-refractivity contribution in [2.75, 3.05) is 24.6 Å². The second kappa shape index (κ2) is 29.0. The average molecular weight is 1020 g/mol. The summed E-state index contributed by atoms with van der Waals surface area (Å²) >= 11 is 8.42. The Morgan fingerprint density at radius 3 is 1.65 bits per heavy atom. The van der Waals surface area contributed by atoms with Crippen LogP contribution in [0, 0.1) is 0 Å². The minimum atomic E-state index is -1.36. The van der Waals surface area contributed by atoms with Gasteiger partial charge in [0.2, 0.25) is 41.4 Å². The number of aliphatic imine (C=N–C) groups is 2. The molecule has 71 heavy (non-hydrogen) atoms. The molecule has 26 heteroatoms. The number of carbonyl (C=O) groups is 7. The van der Waals surface area contributed by atoms with E-state index in [1.807, 2.05) is 24.3 Å². The van der Waals surface area contributed by atoms with E-state index in [1.54, 1.807) is 36.5 Å². The highest BCUT2D eigenvalue weighted by Gasteiger charge is 2.34. The Kier molecular flexibility index (Phi) is 23.0. The fraction of sp³-hybridized carbons (Fsp3) is 0.422. The molecule has 0 fully saturated rings. The number of aromatic amines is 2. The van der Waals surface area contributed by atoms with Crippen LogP contribution in [0.1, 0.15) is 48.9 Å². The number of hydrogen-bond acceptors (Lipinski definition) is 13. The third-order valence-corrected chi connectivity index (χ3v) is 11.7. The zero-order valence-corrected chi connectivity index (χ0v) is 40.8. The van der Waals surface area contributed by atoms with Crippen LogP contribution in [-0.4, -0.2) is 135 Å². The Morgan fingerprint density at radius 1 is 0.577 bits per heavy atom. The molecular weight excluding hydrogens is 955 g/mol. The molecule has 0 radical (unpaired) electrons. The molecule has 4 aromatic rings. The molecule has 2 aromatic heterocycles. The number of imidazole rings is 1. The molecule has 0 aliphatic rings. The molecule has 384 valence electrons. The number of thiol groups is 2. The number of rotatable bonds is 30. The van der Waals surface area contributed by atoms with Gasteiger partial charge in [0.1, 0.15) is 36.3 Å². The summed E-state index contributed by atoms with van der Waals surface area (Å²) in [4.78, 5) is 114. The predicted molar refractivity (Wildman–Crippen MR) is 275 cm³/mol. The molecule has 0 saturated carbocycles. The van der Waals surface area contributed by atoms with Gasteiger partial charge in [0.25, 0.3) is 0 Å². The second-order valence-corrected chi connectivity index (χ2v) is 17.3. The molecule has 7 amide bonds. The van der Waals surface area contributed by atoms with Gasteiger partial charge in [0, 0.05) is 67.1 Å². The normalized spacial score (nSPS) is 14.0. The maximum absolute atomic E-state index is 14.6. The fourth-order valence-electron chi connectivity index (χ4n) is 7.28. The van der Waals surface area contributed by atoms with E-state index >= 15 is 0 Å². The minimum Gasteiger partial charge on any atom is -0.370 e. The van der Waals surface area contributed by atoms with Gasteiger partial charge in [0.05, 0.1) is 12.4 Å². The molecule has 2 aromatic carbocycles. The van der Waals surface area contributed by atoms with Crippen molar-refractivity contribution in [1.82, 2.24) is 46.9 Å². The molecular formula is C45H65N17O7S2. The number of amides is 7. The van der Waals surface area contributed by atoms with E-state index in [0.29, 0.717) is 23.2 Å². The zero-order valence-electron chi connectivity index (χ0n) is 39.0. The van der Waals surface area contributed by atoms with Gasteiger partial charge < -0.3 is 76.3 Å². The number of nitrogens with two attached hydrogens (primary N) is 6. The number of guanidine groups is 2. The smallest absolute Gasteiger partial charge is 0.243 e. The van der Waals surface area contributed by atoms with Crippen LogP contribution in [-0.2, 0) is 52.8 Å². The molecule has 20 N–H and O–H groups in total. The summed E-state index contributed by atoms with van der Waals surface area (Å²) in [6, 6.07) is 7.40. The van der Waals surface area contributed by atoms with Crippen LogP contribution >= 0.6 is 25.3 Å². The minimum absolute atomic E-state index is 0.0426. The molecule has 0 aliphatic carbocycles. The predicted octanol–water partition coefficient (Wildman–Crippen LogP) is -3.00. The lowest BCUT2D eigenvalue weighted by Crippen LogP contribution is -2.60. The summed E-state index contributed by atoms with van der Waals surface area (Å²) in [6.45, 7) is 0.316. The summed E-state index contributed by atoms with van der Waals surface area (Å²) < 4.78 is 0. The van der Waals surface area contributed by atoms with Gasteiger partial charge in [-0.15, -0.1) is 0 Å². The lowest BCUT2D eigenvalue weighted by Gasteiger charge is -2.28. The number of aromatic nitrogens is 3. The number of nitrogens with zero attached hydrogens (tertiary/aromatic N) is 3. The maximum Gasteiger partial charge on any atom is 0.243 e. The number of para-hydroxylation sites is 1. The van der Waals surface area contributed by atoms with Gasteiger partial charge in [-0.05, 0) is 55.1 Å². The highest BCUT2D eigenvalue weighted by molar-refractivity contribution is 7.80. The van der Waals surface area contributed by atoms with E-state index in [-0.39, 0.29) is 81.5 Å². The number of fused-ring (bicyclic) bond motifs is 1. The van der Waals surface area contributed by atoms with E-state index in [4.69, 9.17) is 34.4 Å². The van der Waals surface area contributed by atoms with Crippen LogP contribution in [0.2, 0.25) is 0 Å². The first-order valence-corrected chi connectivity index (χ1v) is 24.0. The van der Waals surface area contributed by atoms with E-state index in [0.717, 1.165) is 10.9 Å². The van der Waals surface area contributed by atoms with Crippen LogP contribution in [0.5, 0.6) is 0 Å². The third-order valence-electron chi connectivity index (χ3n) is 11.0. The standard InChI is InChI=1S/C45H65N17O7S2/c46-29(11-6-15-53-44(48)49)38(64)57-32(14-17-70)40(66)61-35(20-27-22-52-24-56-27)43(69)59-33(18-25-8-2-1-3-9-25)41(67)58-31(13-7-16-54-45(50)51)39(65)60-34(42(68)62-36(23-71)37(47)63)19-26-21-55-30-12-5-4-10-28(26)30/h1-5,8-10,12,21-22,24,29,31-36,55,70-71H,6-7,11,13-20,23,46H2,(H2,47,63)(H,52,56)(H,57,64)(H,58,67)(H,59,69)(H,60,65)(H,61,66)(H,62,68)(H4,48,49,53)(H4,50,51,54)/t29-,31-,32-,33+,34-,35-,36-/m0/s1. The SMILES string of the molecule is NC(=O)[C@H](CS)NC(=O)[C@H](Cc1c[nH]c2ccccc12)NC(=O)[C@H](CCCN=C(N)N)NC(=O)[C@@H](Cc1ccccc1)NC(=O)[C@H](Cc1cnc[nH]1)NC(=O)[C@H](CCS)NC(=O)[C@@H](N)CCCN=C(N)N. The Bertz CT molecular complexity index is 2450. The van der Waals surface area contributed by atoms with Gasteiger partial charge in [-0.25, -0.2) is 4.98 Å². The van der Waals surface area contributed by atoms with Gasteiger partial charge >= 0.3 is 0 Å². The molecule has 7 atom stereocenters. The molecule has 0 saturated heterocycles. The van der Waals surface area contributed by atoms with E-state index in [9.17, 15) is 33.6 Å². The molecule has 0 unspecified atom stereocenters. The molecule has 0 spiro atoms. The van der Waals surface area contributed by atoms with Crippen LogP contribution in [0.15, 0.2) is 83.3 Å². The number of primary amides is 1. The monoisotopic (exact) mass is 1020 g/mol. The van der Waals surface area contributed by atoms with Crippen LogP contribution < -0.4 is 66.3 Å². The van der Waals surface area contributed by atoms with Crippen molar-refractivity contribution in [2.45, 2.75) is 93.7 Å². The summed E-state index contributed by atoms with van der Waals surface area (Å²) in [7, 11) is 0. The quantitative estimate of drug-likeness (QED) is 0.0107. The first-order valence-electron chi connectivity index (χ1n) is 22.7. The summed E-state index contributed by atoms with van der Waals surface area (Å²) in [5.74, 6) is -5.57. The van der Waals surface area contributed by atoms with E-state index < -0.39 is 83.6 Å². The van der Waals surface area contributed by atoms with Crippen molar-refractivity contribution in [2.24, 2.45) is 44.4 Å². The number of nitrogens with one attached hydrogen (secondary N) is 8. The highest BCUT2D eigenvalue weighted by Crippen LogP contribution is 2.20. The molecule has 2 heterocycles. The highest BCUT2D eigenvalue weighted by atomic mass is 32.1. The Morgan fingerprint density at radius 2 is 1.08 bits per heavy atom. The van der Waals surface area contributed by atoms with Gasteiger partial charge in [-0.1, -0.05) is 48.5 Å². The van der Waals surface area contributed by atoms with Crippen molar-refractivity contribution in [3.63, 3.8) is 0 Å². The number of H-pyrrole nitrogens is 2. The third kappa shape index (κ3) is 18.8. The largest absolute Gasteiger partial charge is 0.370 e. The maximum atomic E-state index is 14.6. The Labute approximate surface area is 421 Å². The summed E-state index contributed by atoms with van der Waals surface area (Å²) in [6.07, 6.45) is 5.10. The Balaban J connectivity index is 1.63. The van der Waals surface area contributed by atoms with Crippen LogP contribution in [0.4, 0.5) is 0 Å². The molecule has 24 nitrogen and oxygen atoms in total. The Hall–Kier alpha value is -7.32. The molecule has 0 aliphatic heterocycles. The fourth-order valence-corrected chi connectivity index (χ4v) is 7.81. The van der Waals surface area contributed by atoms with Gasteiger partial charge in [-0.3, -0.25) is 43.5 Å². The van der Waals surface area contributed by atoms with Crippen LogP contribution in [0.25, 0.3) is 10.9 Å². The van der Waals surface area contributed by atoms with Crippen molar-refractivity contribution in [3.8, 4) is 0 Å². The first-order chi connectivity index (χ1) is 34.0. The second-order valence-electron chi connectivity index (χ2n) is 16.5. The van der Waals surface area contributed by atoms with Crippen molar-refractivity contribution >= 4 is 89.4 Å². The van der Waals surface area contributed by atoms with Crippen molar-refractivity contribution < 1.29 is 33.6 Å². The van der Waals surface area contributed by atoms with E-state index in [2.05, 4.69) is 82.1 Å². The van der Waals surface area contributed by atoms with Crippen molar-refractivity contribution in [1.29, 1.82) is 0 Å². The number of hydrogen-bond donors (Lipinski definition) is 16. The van der Waals surface area contributed by atoms with E-state index in [1.165, 1.54) is 12.5 Å². The lowest BCUT2D eigenvalue weighted by molar-refractivity contribution is -0.135. The summed E-state index contributed by atoms with van der Waals surface area (Å²) in [5.41, 5.74) is 36.0. The molecule has 0 bridgehead atoms. The first kappa shape index (κ1) is 56.3. The van der Waals surface area contributed by atoms with Gasteiger partial charge in [-0.2, -0.15) is 25.3 Å². The topological polar surface area (TPSA) is 417 Å². The lowest BCUT2D eigenvalue weighted by atomic mass is 10.0. The zero-order chi connectivity index (χ0) is 51.9.